The number of likely N-dealkylation sites (N-methyl/N-ethyl adjacent to an activating group) is 1. The number of carbonyl (C=O) groups is 1. The number of benzene rings is 1. The molecular weight excluding hydrogens is 439 g/mol. The van der Waals surface area contributed by atoms with Crippen molar-refractivity contribution in [2.45, 2.75) is 63.8 Å². The number of aliphatic imine (C=N–C) groups is 1. The molecule has 1 saturated carbocycles. The zero-order valence-electron chi connectivity index (χ0n) is 15.7. The number of anilines is 1. The molecule has 0 bridgehead atoms. The first kappa shape index (κ1) is 21.0. The molecule has 1 aromatic carbocycles. The Morgan fingerprint density at radius 3 is 2.69 bits per heavy atom. The van der Waals surface area contributed by atoms with Crippen molar-refractivity contribution in [2.24, 2.45) is 10.7 Å². The van der Waals surface area contributed by atoms with Gasteiger partial charge in [0.05, 0.1) is 0 Å². The van der Waals surface area contributed by atoms with E-state index >= 15 is 0 Å². The molecule has 0 aliphatic heterocycles. The molecule has 0 spiro atoms. The van der Waals surface area contributed by atoms with E-state index in [9.17, 15) is 4.79 Å². The van der Waals surface area contributed by atoms with Gasteiger partial charge in [-0.1, -0.05) is 31.4 Å². The number of guanidine groups is 1. The van der Waals surface area contributed by atoms with E-state index in [1.165, 1.54) is 43.2 Å². The summed E-state index contributed by atoms with van der Waals surface area (Å²) < 4.78 is 0. The minimum Gasteiger partial charge on any atom is -0.370 e. The van der Waals surface area contributed by atoms with Gasteiger partial charge in [-0.3, -0.25) is 4.79 Å². The van der Waals surface area contributed by atoms with Crippen molar-refractivity contribution in [3.05, 3.63) is 29.3 Å². The molecule has 2 aliphatic carbocycles. The maximum atomic E-state index is 12.4. The molecule has 6 heteroatoms. The van der Waals surface area contributed by atoms with Crippen LogP contribution in [0.3, 0.4) is 0 Å². The van der Waals surface area contributed by atoms with Gasteiger partial charge in [-0.05, 0) is 55.7 Å². The number of amides is 1. The third-order valence-electron chi connectivity index (χ3n) is 5.56. The van der Waals surface area contributed by atoms with Gasteiger partial charge in [-0.25, -0.2) is 4.99 Å². The molecule has 0 atom stereocenters. The number of hydrogen-bond acceptors (Lipinski definition) is 2. The minimum atomic E-state index is 0. The molecule has 26 heavy (non-hydrogen) atoms. The van der Waals surface area contributed by atoms with Crippen LogP contribution in [0.1, 0.15) is 56.1 Å². The normalized spacial score (nSPS) is 17.8. The first-order chi connectivity index (χ1) is 12.1. The van der Waals surface area contributed by atoms with Crippen LogP contribution in [-0.2, 0) is 17.6 Å². The maximum Gasteiger partial charge on any atom is 0.244 e. The average Bonchev–Trinajstić information content (AvgIpc) is 2.66. The smallest absolute Gasteiger partial charge is 0.244 e. The second-order valence-corrected chi connectivity index (χ2v) is 7.27. The highest BCUT2D eigenvalue weighted by Gasteiger charge is 2.21. The molecule has 1 fully saturated rings. The number of nitrogens with zero attached hydrogens (tertiary/aromatic N) is 2. The van der Waals surface area contributed by atoms with Crippen LogP contribution in [0.15, 0.2) is 23.2 Å². The van der Waals surface area contributed by atoms with E-state index in [0.29, 0.717) is 12.0 Å². The van der Waals surface area contributed by atoms with Crippen LogP contribution in [0.4, 0.5) is 5.69 Å². The molecule has 3 N–H and O–H groups in total. The van der Waals surface area contributed by atoms with E-state index in [1.807, 2.05) is 18.0 Å². The summed E-state index contributed by atoms with van der Waals surface area (Å²) in [6, 6.07) is 6.66. The van der Waals surface area contributed by atoms with Gasteiger partial charge < -0.3 is 16.0 Å². The molecule has 0 unspecified atom stereocenters. The third-order valence-corrected chi connectivity index (χ3v) is 5.56. The van der Waals surface area contributed by atoms with E-state index < -0.39 is 0 Å². The maximum absolute atomic E-state index is 12.4. The van der Waals surface area contributed by atoms with Crippen molar-refractivity contribution < 1.29 is 4.79 Å². The summed E-state index contributed by atoms with van der Waals surface area (Å²) in [4.78, 5) is 18.5. The highest BCUT2D eigenvalue weighted by molar-refractivity contribution is 14.0. The van der Waals surface area contributed by atoms with Gasteiger partial charge in [0.15, 0.2) is 5.96 Å². The van der Waals surface area contributed by atoms with Crippen LogP contribution in [0.25, 0.3) is 0 Å². The molecular formula is C20H31IN4O. The van der Waals surface area contributed by atoms with Crippen LogP contribution in [-0.4, -0.2) is 36.4 Å². The van der Waals surface area contributed by atoms with Gasteiger partial charge >= 0.3 is 0 Å². The number of nitrogens with two attached hydrogens (primary N) is 1. The number of nitrogens with one attached hydrogen (secondary N) is 1. The van der Waals surface area contributed by atoms with Gasteiger partial charge in [0.2, 0.25) is 5.91 Å². The van der Waals surface area contributed by atoms with Gasteiger partial charge in [0, 0.05) is 18.8 Å². The van der Waals surface area contributed by atoms with Gasteiger partial charge in [-0.15, -0.1) is 24.0 Å². The molecule has 0 aromatic heterocycles. The van der Waals surface area contributed by atoms with E-state index in [-0.39, 0.29) is 36.4 Å². The van der Waals surface area contributed by atoms with Crippen LogP contribution >= 0.6 is 24.0 Å². The van der Waals surface area contributed by atoms with Crippen LogP contribution in [0.5, 0.6) is 0 Å². The van der Waals surface area contributed by atoms with E-state index in [4.69, 9.17) is 5.73 Å². The lowest BCUT2D eigenvalue weighted by Crippen LogP contribution is -2.40. The summed E-state index contributed by atoms with van der Waals surface area (Å²) in [7, 11) is 1.89. The van der Waals surface area contributed by atoms with Gasteiger partial charge in [0.25, 0.3) is 0 Å². The standard InChI is InChI=1S/C20H30N4O.HI/c1-24(16-10-3-2-4-11-16)19(25)14-22-20(21)23-18-13-7-9-15-8-5-6-12-17(15)18;/h7,9,13,16H,2-6,8,10-12,14H2,1H3,(H3,21,22,23);1H. The van der Waals surface area contributed by atoms with Gasteiger partial charge in [-0.2, -0.15) is 0 Å². The highest BCUT2D eigenvalue weighted by atomic mass is 127. The Morgan fingerprint density at radius 2 is 1.92 bits per heavy atom. The largest absolute Gasteiger partial charge is 0.370 e. The molecule has 5 nitrogen and oxygen atoms in total. The average molecular weight is 470 g/mol. The predicted molar refractivity (Wildman–Crippen MR) is 118 cm³/mol. The van der Waals surface area contributed by atoms with Crippen LogP contribution in [0.2, 0.25) is 0 Å². The number of fused-ring (bicyclic) bond motifs is 1. The number of halogens is 1. The van der Waals surface area contributed by atoms with E-state index in [2.05, 4.69) is 22.4 Å². The minimum absolute atomic E-state index is 0. The summed E-state index contributed by atoms with van der Waals surface area (Å²) in [6.07, 6.45) is 10.6. The summed E-state index contributed by atoms with van der Waals surface area (Å²) in [5.74, 6) is 0.371. The van der Waals surface area contributed by atoms with Crippen LogP contribution < -0.4 is 11.1 Å². The van der Waals surface area contributed by atoms with Crippen molar-refractivity contribution in [2.75, 3.05) is 18.9 Å². The Morgan fingerprint density at radius 1 is 1.19 bits per heavy atom. The third kappa shape index (κ3) is 5.34. The van der Waals surface area contributed by atoms with Gasteiger partial charge in [0.1, 0.15) is 6.54 Å². The molecule has 1 amide bonds. The number of rotatable bonds is 4. The fourth-order valence-electron chi connectivity index (χ4n) is 4.01. The second-order valence-electron chi connectivity index (χ2n) is 7.27. The highest BCUT2D eigenvalue weighted by Crippen LogP contribution is 2.27. The lowest BCUT2D eigenvalue weighted by atomic mass is 9.90. The Hall–Kier alpha value is -1.31. The van der Waals surface area contributed by atoms with E-state index in [0.717, 1.165) is 31.4 Å². The van der Waals surface area contributed by atoms with Crippen molar-refractivity contribution in [3.8, 4) is 0 Å². The molecule has 0 radical (unpaired) electrons. The van der Waals surface area contributed by atoms with Crippen molar-refractivity contribution in [1.29, 1.82) is 0 Å². The zero-order chi connectivity index (χ0) is 17.6. The molecule has 0 saturated heterocycles. The Labute approximate surface area is 173 Å². The molecule has 3 rings (SSSR count). The lowest BCUT2D eigenvalue weighted by Gasteiger charge is -2.30. The zero-order valence-corrected chi connectivity index (χ0v) is 18.0. The first-order valence-corrected chi connectivity index (χ1v) is 9.58. The summed E-state index contributed by atoms with van der Waals surface area (Å²) in [5.41, 5.74) is 9.81. The SMILES string of the molecule is CN(C(=O)CN=C(N)Nc1cccc2c1CCCC2)C1CCCCC1.I. The number of aryl methyl sites for hydroxylation is 1. The summed E-state index contributed by atoms with van der Waals surface area (Å²) >= 11 is 0. The summed E-state index contributed by atoms with van der Waals surface area (Å²) in [6.45, 7) is 0.112. The predicted octanol–water partition coefficient (Wildman–Crippen LogP) is 3.70. The summed E-state index contributed by atoms with van der Waals surface area (Å²) in [5, 5.41) is 3.20. The van der Waals surface area contributed by atoms with E-state index in [1.54, 1.807) is 0 Å². The Balaban J connectivity index is 0.00000243. The molecule has 0 heterocycles. The van der Waals surface area contributed by atoms with Crippen LogP contribution in [0, 0.1) is 0 Å². The number of hydrogen-bond donors (Lipinski definition) is 2. The Kier molecular flexibility index (Phi) is 8.18. The molecule has 2 aliphatic rings. The topological polar surface area (TPSA) is 70.7 Å². The monoisotopic (exact) mass is 470 g/mol. The Bertz CT molecular complexity index is 641. The lowest BCUT2D eigenvalue weighted by molar-refractivity contribution is -0.130. The quantitative estimate of drug-likeness (QED) is 0.401. The van der Waals surface area contributed by atoms with Crippen molar-refractivity contribution in [3.63, 3.8) is 0 Å². The van der Waals surface area contributed by atoms with Crippen molar-refractivity contribution >= 4 is 41.5 Å². The fourth-order valence-corrected chi connectivity index (χ4v) is 4.01. The second kappa shape index (κ2) is 10.1. The molecule has 1 aromatic rings. The molecule has 144 valence electrons. The number of carbonyl (C=O) groups excluding carboxylic acids is 1. The van der Waals surface area contributed by atoms with Crippen molar-refractivity contribution in [1.82, 2.24) is 4.90 Å². The first-order valence-electron chi connectivity index (χ1n) is 9.58. The fraction of sp³-hybridized carbons (Fsp3) is 0.600.